The van der Waals surface area contributed by atoms with Crippen molar-refractivity contribution in [2.24, 2.45) is 5.73 Å². The fourth-order valence-corrected chi connectivity index (χ4v) is 4.31. The van der Waals surface area contributed by atoms with E-state index < -0.39 is 10.0 Å². The molecule has 5 nitrogen and oxygen atoms in total. The number of hydrogen-bond donors (Lipinski definition) is 2. The van der Waals surface area contributed by atoms with E-state index in [2.05, 4.69) is 36.6 Å². The van der Waals surface area contributed by atoms with Crippen LogP contribution in [0.5, 0.6) is 0 Å². The zero-order chi connectivity index (χ0) is 14.9. The van der Waals surface area contributed by atoms with Crippen molar-refractivity contribution < 1.29 is 12.8 Å². The Balaban J connectivity index is 2.38. The smallest absolute Gasteiger partial charge is 0.266 e. The van der Waals surface area contributed by atoms with Gasteiger partial charge in [-0.3, -0.25) is 4.72 Å². The van der Waals surface area contributed by atoms with E-state index in [0.29, 0.717) is 5.76 Å². The molecule has 1 heterocycles. The summed E-state index contributed by atoms with van der Waals surface area (Å²) in [5, 5.41) is 0.279. The number of hydrogen-bond acceptors (Lipinski definition) is 4. The molecule has 0 bridgehead atoms. The molecule has 0 atom stereocenters. The Morgan fingerprint density at radius 1 is 1.30 bits per heavy atom. The molecular weight excluding hydrogens is 435 g/mol. The third-order valence-electron chi connectivity index (χ3n) is 2.37. The van der Waals surface area contributed by atoms with Crippen LogP contribution in [0.1, 0.15) is 5.76 Å². The molecule has 1 aromatic carbocycles. The molecule has 2 aromatic rings. The summed E-state index contributed by atoms with van der Waals surface area (Å²) >= 11 is 12.3. The molecular formula is C11H9Br2ClN2O3S. The summed E-state index contributed by atoms with van der Waals surface area (Å²) in [7, 11) is -3.81. The number of nitrogens with one attached hydrogen (secondary N) is 1. The zero-order valence-electron chi connectivity index (χ0n) is 9.86. The lowest BCUT2D eigenvalue weighted by Gasteiger charge is -2.08. The van der Waals surface area contributed by atoms with Crippen molar-refractivity contribution in [3.8, 4) is 0 Å². The highest BCUT2D eigenvalue weighted by Crippen LogP contribution is 2.31. The van der Waals surface area contributed by atoms with Gasteiger partial charge in [0.15, 0.2) is 4.67 Å². The maximum absolute atomic E-state index is 12.3. The predicted octanol–water partition coefficient (Wildman–Crippen LogP) is 3.72. The van der Waals surface area contributed by atoms with Crippen molar-refractivity contribution in [1.29, 1.82) is 0 Å². The normalized spacial score (nSPS) is 11.6. The average Bonchev–Trinajstić information content (AvgIpc) is 2.75. The van der Waals surface area contributed by atoms with Crippen LogP contribution in [0.3, 0.4) is 0 Å². The Hall–Kier alpha value is -0.540. The highest BCUT2D eigenvalue weighted by molar-refractivity contribution is 9.10. The van der Waals surface area contributed by atoms with Crippen LogP contribution >= 0.6 is 43.5 Å². The van der Waals surface area contributed by atoms with Crippen LogP contribution in [0.2, 0.25) is 5.02 Å². The lowest BCUT2D eigenvalue weighted by molar-refractivity contribution is 0.484. The molecule has 0 saturated carbocycles. The molecule has 0 fully saturated rings. The number of sulfonamides is 1. The molecule has 0 amide bonds. The second-order valence-electron chi connectivity index (χ2n) is 3.78. The van der Waals surface area contributed by atoms with Gasteiger partial charge in [0.25, 0.3) is 10.0 Å². The molecule has 20 heavy (non-hydrogen) atoms. The summed E-state index contributed by atoms with van der Waals surface area (Å²) in [5.74, 6) is 0.360. The van der Waals surface area contributed by atoms with Gasteiger partial charge in [0, 0.05) is 10.5 Å². The molecule has 0 spiro atoms. The highest BCUT2D eigenvalue weighted by atomic mass is 79.9. The monoisotopic (exact) mass is 442 g/mol. The quantitative estimate of drug-likeness (QED) is 0.753. The Bertz CT molecular complexity index is 746. The molecule has 2 rings (SSSR count). The minimum atomic E-state index is -3.81. The molecule has 108 valence electrons. The number of halogens is 3. The van der Waals surface area contributed by atoms with Gasteiger partial charge in [-0.2, -0.15) is 0 Å². The fourth-order valence-electron chi connectivity index (χ4n) is 1.45. The number of rotatable bonds is 4. The third-order valence-corrected chi connectivity index (χ3v) is 5.40. The second-order valence-corrected chi connectivity index (χ2v) is 7.48. The lowest BCUT2D eigenvalue weighted by atomic mass is 10.3. The second kappa shape index (κ2) is 6.07. The van der Waals surface area contributed by atoms with Gasteiger partial charge in [0.2, 0.25) is 0 Å². The molecule has 0 saturated heterocycles. The van der Waals surface area contributed by atoms with Crippen LogP contribution in [0.15, 0.2) is 42.7 Å². The minimum Gasteiger partial charge on any atom is -0.452 e. The zero-order valence-corrected chi connectivity index (χ0v) is 14.6. The van der Waals surface area contributed by atoms with Crippen LogP contribution in [-0.4, -0.2) is 8.42 Å². The van der Waals surface area contributed by atoms with E-state index in [0.717, 1.165) is 4.47 Å². The summed E-state index contributed by atoms with van der Waals surface area (Å²) in [6.07, 6.45) is 0. The van der Waals surface area contributed by atoms with Crippen molar-refractivity contribution in [1.82, 2.24) is 0 Å². The largest absolute Gasteiger partial charge is 0.452 e. The standard InChI is InChI=1S/C11H9Br2ClN2O3S/c12-6-1-2-9(8(14)3-6)16-20(17,18)10-4-7(5-15)19-11(10)13/h1-4,16H,5,15H2. The van der Waals surface area contributed by atoms with Crippen LogP contribution in [0, 0.1) is 0 Å². The summed E-state index contributed by atoms with van der Waals surface area (Å²) < 4.78 is 33.0. The topological polar surface area (TPSA) is 85.3 Å². The molecule has 0 aliphatic heterocycles. The SMILES string of the molecule is NCc1cc(S(=O)(=O)Nc2ccc(Br)cc2Cl)c(Br)o1. The summed E-state index contributed by atoms with van der Waals surface area (Å²) in [4.78, 5) is -0.0306. The van der Waals surface area contributed by atoms with Gasteiger partial charge in [0.05, 0.1) is 17.3 Å². The first kappa shape index (κ1) is 15.8. The number of furan rings is 1. The first-order chi connectivity index (χ1) is 9.33. The predicted molar refractivity (Wildman–Crippen MR) is 84.3 cm³/mol. The van der Waals surface area contributed by atoms with Crippen LogP contribution in [0.4, 0.5) is 5.69 Å². The summed E-state index contributed by atoms with van der Waals surface area (Å²) in [5.41, 5.74) is 5.69. The Morgan fingerprint density at radius 3 is 2.55 bits per heavy atom. The minimum absolute atomic E-state index is 0.0306. The highest BCUT2D eigenvalue weighted by Gasteiger charge is 2.23. The van der Waals surface area contributed by atoms with Gasteiger partial charge in [-0.15, -0.1) is 0 Å². The molecule has 0 aliphatic rings. The van der Waals surface area contributed by atoms with Crippen molar-refractivity contribution in [3.05, 3.63) is 44.2 Å². The van der Waals surface area contributed by atoms with Crippen molar-refractivity contribution in [3.63, 3.8) is 0 Å². The van der Waals surface area contributed by atoms with Gasteiger partial charge < -0.3 is 10.2 Å². The average molecular weight is 445 g/mol. The Morgan fingerprint density at radius 2 is 2.00 bits per heavy atom. The van der Waals surface area contributed by atoms with Gasteiger partial charge in [-0.25, -0.2) is 8.42 Å². The molecule has 0 unspecified atom stereocenters. The molecule has 0 radical (unpaired) electrons. The van der Waals surface area contributed by atoms with E-state index in [1.54, 1.807) is 18.2 Å². The van der Waals surface area contributed by atoms with Crippen molar-refractivity contribution >= 4 is 59.2 Å². The van der Waals surface area contributed by atoms with Gasteiger partial charge in [-0.05, 0) is 34.1 Å². The van der Waals surface area contributed by atoms with Crippen LogP contribution in [-0.2, 0) is 16.6 Å². The molecule has 0 aliphatic carbocycles. The Labute approximate surface area is 137 Å². The van der Waals surface area contributed by atoms with Crippen LogP contribution in [0.25, 0.3) is 0 Å². The summed E-state index contributed by atoms with van der Waals surface area (Å²) in [6.45, 7) is 0.104. The van der Waals surface area contributed by atoms with Gasteiger partial charge >= 0.3 is 0 Å². The first-order valence-corrected chi connectivity index (χ1v) is 8.74. The van der Waals surface area contributed by atoms with Gasteiger partial charge in [-0.1, -0.05) is 27.5 Å². The van der Waals surface area contributed by atoms with Crippen molar-refractivity contribution in [2.45, 2.75) is 11.4 Å². The maximum Gasteiger partial charge on any atom is 0.266 e. The van der Waals surface area contributed by atoms with E-state index in [9.17, 15) is 8.42 Å². The molecule has 3 N–H and O–H groups in total. The van der Waals surface area contributed by atoms with E-state index in [-0.39, 0.29) is 26.8 Å². The van der Waals surface area contributed by atoms with Crippen LogP contribution < -0.4 is 10.5 Å². The maximum atomic E-state index is 12.3. The summed E-state index contributed by atoms with van der Waals surface area (Å²) in [6, 6.07) is 6.19. The number of nitrogens with two attached hydrogens (primary N) is 1. The van der Waals surface area contributed by atoms with Gasteiger partial charge in [0.1, 0.15) is 10.7 Å². The lowest BCUT2D eigenvalue weighted by Crippen LogP contribution is -2.13. The Kier molecular flexibility index (Phi) is 4.80. The molecule has 9 heteroatoms. The van der Waals surface area contributed by atoms with Crippen molar-refractivity contribution in [2.75, 3.05) is 4.72 Å². The fraction of sp³-hybridized carbons (Fsp3) is 0.0909. The number of anilines is 1. The third kappa shape index (κ3) is 3.37. The number of benzene rings is 1. The van der Waals surface area contributed by atoms with E-state index >= 15 is 0 Å². The van der Waals surface area contributed by atoms with E-state index in [1.165, 1.54) is 6.07 Å². The van der Waals surface area contributed by atoms with E-state index in [1.807, 2.05) is 0 Å². The molecule has 1 aromatic heterocycles. The first-order valence-electron chi connectivity index (χ1n) is 5.29. The van der Waals surface area contributed by atoms with E-state index in [4.69, 9.17) is 21.8 Å².